The average molecular weight is 496 g/mol. The molecule has 1 saturated heterocycles. The van der Waals surface area contributed by atoms with Crippen LogP contribution in [0.25, 0.3) is 6.08 Å². The lowest BCUT2D eigenvalue weighted by Gasteiger charge is -2.10. The summed E-state index contributed by atoms with van der Waals surface area (Å²) in [5.74, 6) is 1.86. The van der Waals surface area contributed by atoms with Crippen molar-refractivity contribution in [3.63, 3.8) is 0 Å². The number of thioether (sulfide) groups is 1. The van der Waals surface area contributed by atoms with Gasteiger partial charge in [-0.2, -0.15) is 0 Å². The smallest absolute Gasteiger partial charge is 0.264 e. The maximum atomic E-state index is 12.3. The average Bonchev–Trinajstić information content (AvgIpc) is 3.00. The molecule has 1 aliphatic heterocycles. The number of amidine groups is 1. The molecular weight excluding hydrogens is 479 g/mol. The van der Waals surface area contributed by atoms with Crippen molar-refractivity contribution in [1.82, 2.24) is 5.32 Å². The quantitative estimate of drug-likeness (QED) is 0.497. The maximum Gasteiger partial charge on any atom is 0.264 e. The second-order valence-electron chi connectivity index (χ2n) is 5.42. The van der Waals surface area contributed by atoms with E-state index in [1.54, 1.807) is 27.4 Å². The van der Waals surface area contributed by atoms with E-state index in [0.717, 1.165) is 20.6 Å². The van der Waals surface area contributed by atoms with Crippen LogP contribution in [0.15, 0.2) is 46.3 Å². The number of aliphatic imine (C=N–C) groups is 1. The zero-order chi connectivity index (χ0) is 19.4. The molecule has 0 aliphatic carbocycles. The minimum Gasteiger partial charge on any atom is -0.497 e. The summed E-state index contributed by atoms with van der Waals surface area (Å²) in [5.41, 5.74) is 1.58. The Bertz CT molecular complexity index is 926. The normalized spacial score (nSPS) is 16.5. The Morgan fingerprint density at radius 3 is 2.44 bits per heavy atom. The molecule has 2 aromatic carbocycles. The van der Waals surface area contributed by atoms with Gasteiger partial charge >= 0.3 is 0 Å². The molecule has 1 heterocycles. The molecule has 3 rings (SSSR count). The summed E-state index contributed by atoms with van der Waals surface area (Å²) in [5, 5.41) is 3.32. The van der Waals surface area contributed by atoms with Gasteiger partial charge in [0.1, 0.15) is 5.75 Å². The fraction of sp³-hybridized carbons (Fsp3) is 0.158. The molecule has 27 heavy (non-hydrogen) atoms. The molecule has 0 aromatic heterocycles. The first-order chi connectivity index (χ1) is 13.0. The van der Waals surface area contributed by atoms with Crippen LogP contribution in [-0.4, -0.2) is 32.4 Å². The van der Waals surface area contributed by atoms with Crippen molar-refractivity contribution in [2.24, 2.45) is 4.99 Å². The van der Waals surface area contributed by atoms with Gasteiger partial charge in [-0.1, -0.05) is 0 Å². The molecule has 0 spiro atoms. The third-order valence-electron chi connectivity index (χ3n) is 3.71. The van der Waals surface area contributed by atoms with Gasteiger partial charge in [0, 0.05) is 0 Å². The predicted octanol–water partition coefficient (Wildman–Crippen LogP) is 4.21. The van der Waals surface area contributed by atoms with E-state index in [0.29, 0.717) is 21.6 Å². The third-order valence-corrected chi connectivity index (χ3v) is 5.42. The molecule has 1 fully saturated rings. The zero-order valence-corrected chi connectivity index (χ0v) is 17.9. The standard InChI is InChI=1S/C19H17IN2O4S/c1-24-13-6-4-12(5-7-13)21-19-22-18(23)16(27-19)10-11-8-14(20)17(26-3)15(9-11)25-2/h4-10H,1-3H3,(H,21,22,23)/b16-10-. The number of benzene rings is 2. The van der Waals surface area contributed by atoms with Crippen LogP contribution in [0, 0.1) is 3.57 Å². The number of halogens is 1. The van der Waals surface area contributed by atoms with Crippen molar-refractivity contribution >= 4 is 57.2 Å². The number of rotatable bonds is 5. The summed E-state index contributed by atoms with van der Waals surface area (Å²) < 4.78 is 16.7. The lowest BCUT2D eigenvalue weighted by molar-refractivity contribution is -0.115. The Kier molecular flexibility index (Phi) is 6.27. The van der Waals surface area contributed by atoms with Gasteiger partial charge in [-0.05, 0) is 82.4 Å². The molecule has 0 unspecified atom stereocenters. The minimum absolute atomic E-state index is 0.183. The molecule has 2 aromatic rings. The molecule has 0 saturated carbocycles. The van der Waals surface area contributed by atoms with Crippen LogP contribution in [0.1, 0.15) is 5.56 Å². The summed E-state index contributed by atoms with van der Waals surface area (Å²) in [7, 11) is 4.79. The van der Waals surface area contributed by atoms with Crippen LogP contribution >= 0.6 is 34.4 Å². The van der Waals surface area contributed by atoms with Crippen LogP contribution < -0.4 is 19.5 Å². The third kappa shape index (κ3) is 4.56. The molecule has 0 bridgehead atoms. The van der Waals surface area contributed by atoms with Gasteiger partial charge in [0.2, 0.25) is 0 Å². The van der Waals surface area contributed by atoms with Crippen molar-refractivity contribution in [2.75, 3.05) is 21.3 Å². The highest BCUT2D eigenvalue weighted by atomic mass is 127. The van der Waals surface area contributed by atoms with Gasteiger partial charge < -0.3 is 19.5 Å². The van der Waals surface area contributed by atoms with Crippen molar-refractivity contribution < 1.29 is 19.0 Å². The van der Waals surface area contributed by atoms with Crippen molar-refractivity contribution in [3.05, 3.63) is 50.4 Å². The molecule has 1 amide bonds. The number of amides is 1. The minimum atomic E-state index is -0.183. The van der Waals surface area contributed by atoms with E-state index in [-0.39, 0.29) is 5.91 Å². The van der Waals surface area contributed by atoms with Gasteiger partial charge in [0.15, 0.2) is 16.7 Å². The van der Waals surface area contributed by atoms with E-state index >= 15 is 0 Å². The monoisotopic (exact) mass is 496 g/mol. The SMILES string of the molecule is COc1ccc(N=C2NC(=O)/C(=C/c3cc(I)c(OC)c(OC)c3)S2)cc1. The number of methoxy groups -OCH3 is 3. The molecule has 8 heteroatoms. The molecule has 6 nitrogen and oxygen atoms in total. The van der Waals surface area contributed by atoms with E-state index < -0.39 is 0 Å². The fourth-order valence-corrected chi connectivity index (χ4v) is 4.11. The van der Waals surface area contributed by atoms with Crippen LogP contribution in [0.4, 0.5) is 5.69 Å². The maximum absolute atomic E-state index is 12.3. The second-order valence-corrected chi connectivity index (χ2v) is 7.61. The van der Waals surface area contributed by atoms with E-state index in [4.69, 9.17) is 14.2 Å². The van der Waals surface area contributed by atoms with Gasteiger partial charge in [-0.15, -0.1) is 0 Å². The van der Waals surface area contributed by atoms with Gasteiger partial charge in [-0.25, -0.2) is 4.99 Å². The summed E-state index contributed by atoms with van der Waals surface area (Å²) >= 11 is 3.47. The van der Waals surface area contributed by atoms with Gasteiger partial charge in [-0.3, -0.25) is 4.79 Å². The first kappa shape index (κ1) is 19.6. The number of nitrogens with one attached hydrogen (secondary N) is 1. The van der Waals surface area contributed by atoms with Crippen molar-refractivity contribution in [2.45, 2.75) is 0 Å². The van der Waals surface area contributed by atoms with E-state index in [1.165, 1.54) is 11.8 Å². The zero-order valence-electron chi connectivity index (χ0n) is 14.9. The lowest BCUT2D eigenvalue weighted by Crippen LogP contribution is -2.19. The summed E-state index contributed by atoms with van der Waals surface area (Å²) in [4.78, 5) is 17.3. The molecule has 0 atom stereocenters. The Labute approximate surface area is 175 Å². The number of carbonyl (C=O) groups excluding carboxylic acids is 1. The van der Waals surface area contributed by atoms with Crippen LogP contribution in [0.3, 0.4) is 0 Å². The number of carbonyl (C=O) groups is 1. The summed E-state index contributed by atoms with van der Waals surface area (Å²) in [6, 6.07) is 11.1. The van der Waals surface area contributed by atoms with Crippen LogP contribution in [0.2, 0.25) is 0 Å². The number of hydrogen-bond donors (Lipinski definition) is 1. The summed E-state index contributed by atoms with van der Waals surface area (Å²) in [6.07, 6.45) is 1.81. The summed E-state index contributed by atoms with van der Waals surface area (Å²) in [6.45, 7) is 0. The molecular formula is C19H17IN2O4S. The van der Waals surface area contributed by atoms with Crippen LogP contribution in [0.5, 0.6) is 17.2 Å². The van der Waals surface area contributed by atoms with E-state index in [9.17, 15) is 4.79 Å². The number of ether oxygens (including phenoxy) is 3. The largest absolute Gasteiger partial charge is 0.497 e. The van der Waals surface area contributed by atoms with Crippen LogP contribution in [-0.2, 0) is 4.79 Å². The Balaban J connectivity index is 1.84. The molecule has 0 radical (unpaired) electrons. The predicted molar refractivity (Wildman–Crippen MR) is 116 cm³/mol. The number of hydrogen-bond acceptors (Lipinski definition) is 6. The second kappa shape index (κ2) is 8.66. The van der Waals surface area contributed by atoms with Crippen molar-refractivity contribution in [3.8, 4) is 17.2 Å². The Morgan fingerprint density at radius 2 is 1.81 bits per heavy atom. The first-order valence-electron chi connectivity index (χ1n) is 7.89. The molecule has 140 valence electrons. The first-order valence-corrected chi connectivity index (χ1v) is 9.78. The highest BCUT2D eigenvalue weighted by molar-refractivity contribution is 14.1. The highest BCUT2D eigenvalue weighted by Crippen LogP contribution is 2.35. The van der Waals surface area contributed by atoms with Gasteiger partial charge in [0.25, 0.3) is 5.91 Å². The van der Waals surface area contributed by atoms with Gasteiger partial charge in [0.05, 0.1) is 35.5 Å². The number of nitrogens with zero attached hydrogens (tertiary/aromatic N) is 1. The van der Waals surface area contributed by atoms with E-state index in [2.05, 4.69) is 32.9 Å². The fourth-order valence-electron chi connectivity index (χ4n) is 2.43. The lowest BCUT2D eigenvalue weighted by atomic mass is 10.2. The topological polar surface area (TPSA) is 69.2 Å². The molecule has 1 aliphatic rings. The van der Waals surface area contributed by atoms with E-state index in [1.807, 2.05) is 36.4 Å². The Hall–Kier alpha value is -2.20. The Morgan fingerprint density at radius 1 is 1.07 bits per heavy atom. The highest BCUT2D eigenvalue weighted by Gasteiger charge is 2.24. The molecule has 1 N–H and O–H groups in total. The van der Waals surface area contributed by atoms with Crippen molar-refractivity contribution in [1.29, 1.82) is 0 Å².